The number of hydrogen-bond acceptors (Lipinski definition) is 7. The van der Waals surface area contributed by atoms with E-state index in [0.29, 0.717) is 11.4 Å². The van der Waals surface area contributed by atoms with E-state index in [1.807, 2.05) is 30.5 Å². The van der Waals surface area contributed by atoms with Crippen LogP contribution in [0.4, 0.5) is 0 Å². The summed E-state index contributed by atoms with van der Waals surface area (Å²) >= 11 is 3.03. The van der Waals surface area contributed by atoms with Crippen molar-refractivity contribution in [2.24, 2.45) is 0 Å². The van der Waals surface area contributed by atoms with E-state index in [1.54, 1.807) is 29.5 Å². The molecule has 1 N–H and O–H groups in total. The third kappa shape index (κ3) is 5.05. The molecule has 0 aliphatic heterocycles. The van der Waals surface area contributed by atoms with Crippen LogP contribution in [0.5, 0.6) is 0 Å². The molecule has 4 rings (SSSR count). The first-order valence-corrected chi connectivity index (χ1v) is 12.2. The molecule has 4 aromatic rings. The highest BCUT2D eigenvalue weighted by atomic mass is 32.2. The number of nitrogens with one attached hydrogen (secondary N) is 1. The zero-order valence-corrected chi connectivity index (χ0v) is 19.8. The highest BCUT2D eigenvalue weighted by Crippen LogP contribution is 2.30. The van der Waals surface area contributed by atoms with Crippen molar-refractivity contribution in [1.82, 2.24) is 30.0 Å². The van der Waals surface area contributed by atoms with Crippen LogP contribution in [0.3, 0.4) is 0 Å². The van der Waals surface area contributed by atoms with Gasteiger partial charge in [0.25, 0.3) is 5.91 Å². The second-order valence-electron chi connectivity index (χ2n) is 7.41. The van der Waals surface area contributed by atoms with Gasteiger partial charge in [-0.3, -0.25) is 14.3 Å². The van der Waals surface area contributed by atoms with Gasteiger partial charge in [-0.15, -0.1) is 21.5 Å². The SMILES string of the molecule is CCC(C)NC(=O)c1csc(CSc2nnc(-c3ccncc3)n2-c2ccc(C)cc2)n1. The summed E-state index contributed by atoms with van der Waals surface area (Å²) in [6.07, 6.45) is 4.38. The monoisotopic (exact) mass is 464 g/mol. The number of carbonyl (C=O) groups is 1. The lowest BCUT2D eigenvalue weighted by Crippen LogP contribution is -2.32. The Morgan fingerprint density at radius 1 is 1.16 bits per heavy atom. The number of pyridine rings is 1. The molecule has 1 amide bonds. The number of amides is 1. The number of aryl methyl sites for hydroxylation is 1. The molecule has 0 saturated carbocycles. The van der Waals surface area contributed by atoms with E-state index in [4.69, 9.17) is 0 Å². The molecule has 3 heterocycles. The summed E-state index contributed by atoms with van der Waals surface area (Å²) in [6, 6.07) is 12.2. The predicted octanol–water partition coefficient (Wildman–Crippen LogP) is 4.91. The number of thioether (sulfide) groups is 1. The topological polar surface area (TPSA) is 85.6 Å². The Hall–Kier alpha value is -3.04. The first-order valence-electron chi connectivity index (χ1n) is 10.4. The van der Waals surface area contributed by atoms with Crippen LogP contribution in [0.1, 0.15) is 41.3 Å². The molecule has 9 heteroatoms. The van der Waals surface area contributed by atoms with E-state index in [1.165, 1.54) is 16.9 Å². The van der Waals surface area contributed by atoms with Gasteiger partial charge >= 0.3 is 0 Å². The van der Waals surface area contributed by atoms with Gasteiger partial charge in [-0.05, 0) is 44.5 Å². The van der Waals surface area contributed by atoms with Gasteiger partial charge in [0.2, 0.25) is 0 Å². The van der Waals surface area contributed by atoms with Gasteiger partial charge in [0, 0.05) is 35.1 Å². The second-order valence-corrected chi connectivity index (χ2v) is 9.30. The summed E-state index contributed by atoms with van der Waals surface area (Å²) in [4.78, 5) is 20.9. The van der Waals surface area contributed by atoms with Crippen molar-refractivity contribution in [3.05, 3.63) is 70.4 Å². The fourth-order valence-electron chi connectivity index (χ4n) is 2.99. The molecule has 1 unspecified atom stereocenters. The molecule has 0 aliphatic carbocycles. The molecule has 1 aromatic carbocycles. The minimum absolute atomic E-state index is 0.127. The molecule has 3 aromatic heterocycles. The molecular formula is C23H24N6OS2. The third-order valence-corrected chi connectivity index (χ3v) is 6.93. The van der Waals surface area contributed by atoms with Crippen molar-refractivity contribution in [2.45, 2.75) is 44.1 Å². The standard InChI is InChI=1S/C23H24N6OS2/c1-4-16(3)25-22(30)19-13-31-20(26-19)14-32-23-28-27-21(17-9-11-24-12-10-17)29(23)18-7-5-15(2)6-8-18/h5-13,16H,4,14H2,1-3H3,(H,25,30). The maximum atomic E-state index is 12.3. The molecular weight excluding hydrogens is 440 g/mol. The summed E-state index contributed by atoms with van der Waals surface area (Å²) < 4.78 is 2.05. The predicted molar refractivity (Wildman–Crippen MR) is 128 cm³/mol. The zero-order chi connectivity index (χ0) is 22.5. The van der Waals surface area contributed by atoms with Crippen LogP contribution < -0.4 is 5.32 Å². The van der Waals surface area contributed by atoms with Crippen molar-refractivity contribution >= 4 is 29.0 Å². The van der Waals surface area contributed by atoms with Crippen molar-refractivity contribution in [3.8, 4) is 17.1 Å². The van der Waals surface area contributed by atoms with Crippen LogP contribution in [0.15, 0.2) is 59.3 Å². The smallest absolute Gasteiger partial charge is 0.270 e. The van der Waals surface area contributed by atoms with Gasteiger partial charge in [0.15, 0.2) is 11.0 Å². The second kappa shape index (κ2) is 10.1. The van der Waals surface area contributed by atoms with E-state index < -0.39 is 0 Å². The Labute approximate surface area is 195 Å². The Bertz CT molecular complexity index is 1190. The number of hydrogen-bond donors (Lipinski definition) is 1. The Morgan fingerprint density at radius 2 is 1.91 bits per heavy atom. The van der Waals surface area contributed by atoms with Gasteiger partial charge in [0.1, 0.15) is 10.7 Å². The maximum absolute atomic E-state index is 12.3. The molecule has 0 bridgehead atoms. The fourth-order valence-corrected chi connectivity index (χ4v) is 4.73. The number of rotatable bonds is 8. The number of benzene rings is 1. The molecule has 164 valence electrons. The molecule has 0 saturated heterocycles. The average molecular weight is 465 g/mol. The lowest BCUT2D eigenvalue weighted by atomic mass is 10.2. The highest BCUT2D eigenvalue weighted by molar-refractivity contribution is 7.98. The highest BCUT2D eigenvalue weighted by Gasteiger charge is 2.18. The molecule has 0 radical (unpaired) electrons. The van der Waals surface area contributed by atoms with Crippen molar-refractivity contribution in [1.29, 1.82) is 0 Å². The zero-order valence-electron chi connectivity index (χ0n) is 18.1. The van der Waals surface area contributed by atoms with Crippen LogP contribution in [-0.2, 0) is 5.75 Å². The lowest BCUT2D eigenvalue weighted by Gasteiger charge is -2.10. The molecule has 7 nitrogen and oxygen atoms in total. The molecule has 0 fully saturated rings. The summed E-state index contributed by atoms with van der Waals surface area (Å²) in [5.74, 6) is 1.22. The molecule has 0 aliphatic rings. The largest absolute Gasteiger partial charge is 0.348 e. The number of aromatic nitrogens is 5. The molecule has 1 atom stereocenters. The summed E-state index contributed by atoms with van der Waals surface area (Å²) in [5, 5.41) is 15.3. The van der Waals surface area contributed by atoms with E-state index in [0.717, 1.165) is 33.7 Å². The normalized spacial score (nSPS) is 12.0. The summed E-state index contributed by atoms with van der Waals surface area (Å²) in [7, 11) is 0. The minimum Gasteiger partial charge on any atom is -0.348 e. The lowest BCUT2D eigenvalue weighted by molar-refractivity contribution is 0.0935. The van der Waals surface area contributed by atoms with Gasteiger partial charge in [-0.1, -0.05) is 36.4 Å². The molecule has 0 spiro atoms. The summed E-state index contributed by atoms with van der Waals surface area (Å²) in [6.45, 7) is 6.09. The molecule has 32 heavy (non-hydrogen) atoms. The van der Waals surface area contributed by atoms with E-state index in [2.05, 4.69) is 56.7 Å². The van der Waals surface area contributed by atoms with Crippen LogP contribution in [0, 0.1) is 6.92 Å². The van der Waals surface area contributed by atoms with Gasteiger partial charge in [-0.2, -0.15) is 0 Å². The van der Waals surface area contributed by atoms with Crippen LogP contribution in [0.25, 0.3) is 17.1 Å². The van der Waals surface area contributed by atoms with E-state index >= 15 is 0 Å². The van der Waals surface area contributed by atoms with Crippen LogP contribution in [-0.4, -0.2) is 36.7 Å². The minimum atomic E-state index is -0.130. The maximum Gasteiger partial charge on any atom is 0.270 e. The number of carbonyl (C=O) groups excluding carboxylic acids is 1. The van der Waals surface area contributed by atoms with Gasteiger partial charge < -0.3 is 5.32 Å². The fraction of sp³-hybridized carbons (Fsp3) is 0.261. The Balaban J connectivity index is 1.57. The van der Waals surface area contributed by atoms with Gasteiger partial charge in [0.05, 0.1) is 5.75 Å². The number of nitrogens with zero attached hydrogens (tertiary/aromatic N) is 5. The average Bonchev–Trinajstić information content (AvgIpc) is 3.46. The Kier molecular flexibility index (Phi) is 6.96. The Morgan fingerprint density at radius 3 is 2.62 bits per heavy atom. The first kappa shape index (κ1) is 22.2. The summed E-state index contributed by atoms with van der Waals surface area (Å²) in [5.41, 5.74) is 3.58. The van der Waals surface area contributed by atoms with Gasteiger partial charge in [-0.25, -0.2) is 4.98 Å². The quantitative estimate of drug-likeness (QED) is 0.373. The van der Waals surface area contributed by atoms with Crippen LogP contribution >= 0.6 is 23.1 Å². The van der Waals surface area contributed by atoms with E-state index in [9.17, 15) is 4.79 Å². The number of thiazole rings is 1. The van der Waals surface area contributed by atoms with Crippen molar-refractivity contribution in [2.75, 3.05) is 0 Å². The third-order valence-electron chi connectivity index (χ3n) is 4.96. The van der Waals surface area contributed by atoms with E-state index in [-0.39, 0.29) is 11.9 Å². The first-order chi connectivity index (χ1) is 15.5. The van der Waals surface area contributed by atoms with Crippen LogP contribution in [0.2, 0.25) is 0 Å². The van der Waals surface area contributed by atoms with Crippen molar-refractivity contribution in [3.63, 3.8) is 0 Å². The van der Waals surface area contributed by atoms with Crippen molar-refractivity contribution < 1.29 is 4.79 Å².